The smallest absolute Gasteiger partial charge is 0.222 e. The Balaban J connectivity index is 2.83. The summed E-state index contributed by atoms with van der Waals surface area (Å²) in [7, 11) is 6.00. The molecule has 1 heterocycles. The van der Waals surface area contributed by atoms with Crippen molar-refractivity contribution in [2.24, 2.45) is 0 Å². The van der Waals surface area contributed by atoms with Crippen molar-refractivity contribution >= 4 is 10.2 Å². The minimum absolute atomic E-state index is 0.0842. The van der Waals surface area contributed by atoms with Crippen molar-refractivity contribution in [3.8, 4) is 0 Å². The molecule has 0 saturated carbocycles. The van der Waals surface area contributed by atoms with E-state index in [9.17, 15) is 0 Å². The molecule has 1 rings (SSSR count). The average Bonchev–Trinajstić information content (AvgIpc) is 2.37. The van der Waals surface area contributed by atoms with Crippen LogP contribution < -0.4 is 5.32 Å². The maximum absolute atomic E-state index is 5.73. The minimum Gasteiger partial charge on any atom is -0.376 e. The van der Waals surface area contributed by atoms with E-state index in [4.69, 9.17) is 18.9 Å². The van der Waals surface area contributed by atoms with Crippen LogP contribution in [0.4, 0.5) is 0 Å². The Labute approximate surface area is 100 Å². The summed E-state index contributed by atoms with van der Waals surface area (Å²) in [6, 6.07) is 0.942. The van der Waals surface area contributed by atoms with Gasteiger partial charge in [-0.25, -0.2) is 0 Å². The second-order valence-corrected chi connectivity index (χ2v) is 4.64. The molecule has 0 amide bonds. The van der Waals surface area contributed by atoms with Gasteiger partial charge in [0.1, 0.15) is 12.2 Å². The normalized spacial score (nSPS) is 24.6. The first kappa shape index (κ1) is 14.1. The third kappa shape index (κ3) is 2.64. The zero-order chi connectivity index (χ0) is 12.0. The van der Waals surface area contributed by atoms with Crippen molar-refractivity contribution in [2.45, 2.75) is 24.0 Å². The molecule has 2 atom stereocenters. The van der Waals surface area contributed by atoms with Crippen LogP contribution in [-0.4, -0.2) is 69.3 Å². The summed E-state index contributed by atoms with van der Waals surface area (Å²) in [5.74, 6) is -0.802. The van der Waals surface area contributed by atoms with Gasteiger partial charge in [-0.05, 0) is 6.04 Å². The highest BCUT2D eigenvalue weighted by atomic mass is 28.1. The molecule has 0 aliphatic carbocycles. The molecule has 0 spiro atoms. The summed E-state index contributed by atoms with van der Waals surface area (Å²) in [5, 5.41) is 3.28. The Kier molecular flexibility index (Phi) is 5.88. The number of hydrogen-bond donors (Lipinski definition) is 1. The van der Waals surface area contributed by atoms with Gasteiger partial charge in [-0.2, -0.15) is 0 Å². The van der Waals surface area contributed by atoms with Gasteiger partial charge in [-0.15, -0.1) is 0 Å². The summed E-state index contributed by atoms with van der Waals surface area (Å²) < 4.78 is 22.4. The molecule has 16 heavy (non-hydrogen) atoms. The number of nitrogens with one attached hydrogen (secondary N) is 1. The molecule has 1 aliphatic heterocycles. The van der Waals surface area contributed by atoms with E-state index < -0.39 is 5.79 Å². The monoisotopic (exact) mass is 249 g/mol. The Hall–Kier alpha value is 0.0169. The van der Waals surface area contributed by atoms with Crippen molar-refractivity contribution < 1.29 is 18.9 Å². The average molecular weight is 249 g/mol. The van der Waals surface area contributed by atoms with Crippen molar-refractivity contribution in [3.05, 3.63) is 0 Å². The van der Waals surface area contributed by atoms with E-state index in [0.29, 0.717) is 6.61 Å². The van der Waals surface area contributed by atoms with Gasteiger partial charge in [-0.3, -0.25) is 0 Å². The largest absolute Gasteiger partial charge is 0.376 e. The van der Waals surface area contributed by atoms with Crippen molar-refractivity contribution in [2.75, 3.05) is 41.0 Å². The van der Waals surface area contributed by atoms with E-state index in [1.54, 1.807) is 21.3 Å². The molecule has 0 aromatic carbocycles. The molecule has 0 bridgehead atoms. The van der Waals surface area contributed by atoms with Gasteiger partial charge in [-0.1, -0.05) is 0 Å². The zero-order valence-electron chi connectivity index (χ0n) is 10.6. The van der Waals surface area contributed by atoms with Crippen LogP contribution in [0.25, 0.3) is 0 Å². The Morgan fingerprint density at radius 1 is 1.44 bits per heavy atom. The lowest BCUT2D eigenvalue weighted by Gasteiger charge is -2.43. The fraction of sp³-hybridized carbons (Fsp3) is 1.00. The van der Waals surface area contributed by atoms with E-state index in [1.165, 1.54) is 0 Å². The van der Waals surface area contributed by atoms with Crippen molar-refractivity contribution in [3.63, 3.8) is 0 Å². The number of methoxy groups -OCH3 is 3. The maximum atomic E-state index is 5.73. The number of ether oxygens (including phenoxy) is 4. The first-order chi connectivity index (χ1) is 7.75. The molecule has 1 fully saturated rings. The maximum Gasteiger partial charge on any atom is 0.222 e. The van der Waals surface area contributed by atoms with Gasteiger partial charge in [0.25, 0.3) is 0 Å². The predicted octanol–water partition coefficient (Wildman–Crippen LogP) is -1.24. The molecular weight excluding hydrogens is 226 g/mol. The SMILES string of the molecule is COC(C[SiH3])C(OC)(OC)C1CNCCO1. The van der Waals surface area contributed by atoms with Crippen LogP contribution in [0.2, 0.25) is 6.04 Å². The molecule has 1 N–H and O–H groups in total. The van der Waals surface area contributed by atoms with E-state index in [0.717, 1.165) is 29.4 Å². The third-order valence-corrected chi connectivity index (χ3v) is 3.86. The summed E-state index contributed by atoms with van der Waals surface area (Å²) in [4.78, 5) is 0. The van der Waals surface area contributed by atoms with Gasteiger partial charge >= 0.3 is 0 Å². The third-order valence-electron chi connectivity index (χ3n) is 3.12. The predicted molar refractivity (Wildman–Crippen MR) is 64.9 cm³/mol. The lowest BCUT2D eigenvalue weighted by atomic mass is 10.0. The molecule has 1 saturated heterocycles. The summed E-state index contributed by atoms with van der Waals surface area (Å²) in [6.45, 7) is 2.28. The van der Waals surface area contributed by atoms with Crippen molar-refractivity contribution in [1.29, 1.82) is 0 Å². The Bertz CT molecular complexity index is 191. The highest BCUT2D eigenvalue weighted by Crippen LogP contribution is 2.28. The van der Waals surface area contributed by atoms with E-state index in [2.05, 4.69) is 5.32 Å². The van der Waals surface area contributed by atoms with Crippen LogP contribution in [0.15, 0.2) is 0 Å². The molecule has 0 aromatic rings. The van der Waals surface area contributed by atoms with Crippen molar-refractivity contribution in [1.82, 2.24) is 5.32 Å². The first-order valence-electron chi connectivity index (χ1n) is 5.70. The fourth-order valence-corrected chi connectivity index (χ4v) is 3.16. The molecule has 1 aliphatic rings. The zero-order valence-corrected chi connectivity index (χ0v) is 12.6. The topological polar surface area (TPSA) is 49.0 Å². The van der Waals surface area contributed by atoms with Gasteiger partial charge in [0.05, 0.1) is 6.61 Å². The van der Waals surface area contributed by atoms with Gasteiger partial charge in [0, 0.05) is 44.7 Å². The molecule has 96 valence electrons. The molecule has 2 unspecified atom stereocenters. The van der Waals surface area contributed by atoms with Crippen LogP contribution in [-0.2, 0) is 18.9 Å². The lowest BCUT2D eigenvalue weighted by Crippen LogP contribution is -2.61. The van der Waals surface area contributed by atoms with E-state index in [1.807, 2.05) is 0 Å². The fourth-order valence-electron chi connectivity index (χ4n) is 2.26. The quantitative estimate of drug-likeness (QED) is 0.471. The molecule has 5 nitrogen and oxygen atoms in total. The Morgan fingerprint density at radius 3 is 2.50 bits per heavy atom. The number of rotatable bonds is 6. The van der Waals surface area contributed by atoms with Crippen LogP contribution in [0.5, 0.6) is 0 Å². The standard InChI is InChI=1S/C10H23NO4Si/c1-12-9(7-16)10(13-2,14-3)8-6-11-4-5-15-8/h8-9,11H,4-7H2,1-3,16H3. The molecule has 6 heteroatoms. The van der Waals surface area contributed by atoms with Gasteiger partial charge in [0.15, 0.2) is 0 Å². The number of hydrogen-bond acceptors (Lipinski definition) is 5. The van der Waals surface area contributed by atoms with E-state index >= 15 is 0 Å². The summed E-state index contributed by atoms with van der Waals surface area (Å²) in [5.41, 5.74) is 0. The molecule has 0 radical (unpaired) electrons. The second-order valence-electron chi connectivity index (χ2n) is 3.83. The molecular formula is C10H23NO4Si. The van der Waals surface area contributed by atoms with Gasteiger partial charge in [0.2, 0.25) is 5.79 Å². The van der Waals surface area contributed by atoms with Crippen LogP contribution in [0, 0.1) is 0 Å². The first-order valence-corrected chi connectivity index (χ1v) is 7.12. The summed E-state index contributed by atoms with van der Waals surface area (Å²) >= 11 is 0. The lowest BCUT2D eigenvalue weighted by molar-refractivity contribution is -0.312. The van der Waals surface area contributed by atoms with Crippen LogP contribution >= 0.6 is 0 Å². The highest BCUT2D eigenvalue weighted by molar-refractivity contribution is 6.08. The minimum atomic E-state index is -0.802. The van der Waals surface area contributed by atoms with Crippen LogP contribution in [0.1, 0.15) is 0 Å². The van der Waals surface area contributed by atoms with Crippen LogP contribution in [0.3, 0.4) is 0 Å². The second kappa shape index (κ2) is 6.68. The van der Waals surface area contributed by atoms with E-state index in [-0.39, 0.29) is 12.2 Å². The number of morpholine rings is 1. The Morgan fingerprint density at radius 2 is 2.12 bits per heavy atom. The molecule has 0 aromatic heterocycles. The highest BCUT2D eigenvalue weighted by Gasteiger charge is 2.47. The summed E-state index contributed by atoms with van der Waals surface area (Å²) in [6.07, 6.45) is -0.214. The van der Waals surface area contributed by atoms with Gasteiger partial charge < -0.3 is 24.3 Å².